The largest absolute Gasteiger partial charge is 0.493 e. The Bertz CT molecular complexity index is 935. The molecule has 0 saturated heterocycles. The molecule has 1 saturated carbocycles. The molecule has 1 aliphatic carbocycles. The standard InChI is InChI=1S/C28H40N2O5/c1-21(2)18-30(28(32)23-9-6-5-7-10-23)20-27(31)29(19-24-11-8-16-35-24)15-14-22-12-13-25(33-3)26(17-22)34-4/h8,11-13,16-17,21,23H,5-7,9-10,14-15,18-20H2,1-4H3. The minimum atomic E-state index is -0.0633. The summed E-state index contributed by atoms with van der Waals surface area (Å²) in [6.45, 7) is 5.73. The number of amides is 2. The van der Waals surface area contributed by atoms with Crippen molar-refractivity contribution in [2.24, 2.45) is 11.8 Å². The van der Waals surface area contributed by atoms with Crippen LogP contribution >= 0.6 is 0 Å². The SMILES string of the molecule is COc1ccc(CCN(Cc2ccco2)C(=O)CN(CC(C)C)C(=O)C2CCCCC2)cc1OC. The van der Waals surface area contributed by atoms with Crippen molar-refractivity contribution >= 4 is 11.8 Å². The predicted molar refractivity (Wildman–Crippen MR) is 135 cm³/mol. The molecule has 2 amide bonds. The average molecular weight is 485 g/mol. The number of hydrogen-bond donors (Lipinski definition) is 0. The van der Waals surface area contributed by atoms with E-state index in [4.69, 9.17) is 13.9 Å². The fourth-order valence-electron chi connectivity index (χ4n) is 4.73. The highest BCUT2D eigenvalue weighted by atomic mass is 16.5. The van der Waals surface area contributed by atoms with Crippen LogP contribution in [0, 0.1) is 11.8 Å². The topological polar surface area (TPSA) is 72.2 Å². The molecule has 0 atom stereocenters. The summed E-state index contributed by atoms with van der Waals surface area (Å²) in [5.41, 5.74) is 1.04. The second-order valence-electron chi connectivity index (χ2n) is 9.78. The fourth-order valence-corrected chi connectivity index (χ4v) is 4.73. The van der Waals surface area contributed by atoms with Crippen LogP contribution in [0.1, 0.15) is 57.3 Å². The first-order chi connectivity index (χ1) is 16.9. The number of rotatable bonds is 12. The molecule has 0 aliphatic heterocycles. The van der Waals surface area contributed by atoms with Gasteiger partial charge in [0.25, 0.3) is 0 Å². The van der Waals surface area contributed by atoms with E-state index in [1.807, 2.05) is 30.3 Å². The van der Waals surface area contributed by atoms with Crippen LogP contribution in [0.5, 0.6) is 11.5 Å². The van der Waals surface area contributed by atoms with Gasteiger partial charge in [0, 0.05) is 19.0 Å². The van der Waals surface area contributed by atoms with E-state index < -0.39 is 0 Å². The second-order valence-corrected chi connectivity index (χ2v) is 9.78. The smallest absolute Gasteiger partial charge is 0.242 e. The van der Waals surface area contributed by atoms with Gasteiger partial charge in [-0.2, -0.15) is 0 Å². The van der Waals surface area contributed by atoms with Crippen molar-refractivity contribution in [1.29, 1.82) is 0 Å². The highest BCUT2D eigenvalue weighted by Crippen LogP contribution is 2.28. The zero-order valence-electron chi connectivity index (χ0n) is 21.6. The van der Waals surface area contributed by atoms with Crippen molar-refractivity contribution in [3.8, 4) is 11.5 Å². The number of benzene rings is 1. The third-order valence-electron chi connectivity index (χ3n) is 6.58. The zero-order valence-corrected chi connectivity index (χ0v) is 21.6. The van der Waals surface area contributed by atoms with Gasteiger partial charge < -0.3 is 23.7 Å². The van der Waals surface area contributed by atoms with E-state index in [1.165, 1.54) is 6.42 Å². The molecule has 0 N–H and O–H groups in total. The second kappa shape index (κ2) is 13.2. The Hall–Kier alpha value is -2.96. The number of carbonyl (C=O) groups excluding carboxylic acids is 2. The van der Waals surface area contributed by atoms with Crippen LogP contribution in [-0.2, 0) is 22.6 Å². The minimum Gasteiger partial charge on any atom is -0.493 e. The molecule has 35 heavy (non-hydrogen) atoms. The Morgan fingerprint density at radius 1 is 1.03 bits per heavy atom. The maximum absolute atomic E-state index is 13.5. The molecule has 192 valence electrons. The predicted octanol–water partition coefficient (Wildman–Crippen LogP) is 4.93. The molecule has 0 spiro atoms. The van der Waals surface area contributed by atoms with E-state index in [1.54, 1.807) is 30.3 Å². The van der Waals surface area contributed by atoms with Crippen LogP contribution in [0.2, 0.25) is 0 Å². The Kier molecular flexibility index (Phi) is 10.1. The molecule has 0 unspecified atom stereocenters. The highest BCUT2D eigenvalue weighted by molar-refractivity contribution is 5.86. The van der Waals surface area contributed by atoms with Gasteiger partial charge in [-0.3, -0.25) is 9.59 Å². The fraction of sp³-hybridized carbons (Fsp3) is 0.571. The lowest BCUT2D eigenvalue weighted by Crippen LogP contribution is -2.46. The molecule has 7 nitrogen and oxygen atoms in total. The van der Waals surface area contributed by atoms with Gasteiger partial charge in [0.1, 0.15) is 5.76 Å². The summed E-state index contributed by atoms with van der Waals surface area (Å²) in [6, 6.07) is 9.49. The van der Waals surface area contributed by atoms with Crippen molar-refractivity contribution in [3.05, 3.63) is 47.9 Å². The van der Waals surface area contributed by atoms with Gasteiger partial charge in [0.05, 0.1) is 33.6 Å². The van der Waals surface area contributed by atoms with Gasteiger partial charge in [0.2, 0.25) is 11.8 Å². The van der Waals surface area contributed by atoms with Crippen LogP contribution in [0.25, 0.3) is 0 Å². The number of nitrogens with zero attached hydrogens (tertiary/aromatic N) is 2. The summed E-state index contributed by atoms with van der Waals surface area (Å²) in [5.74, 6) is 2.46. The van der Waals surface area contributed by atoms with Crippen LogP contribution in [0.3, 0.4) is 0 Å². The first-order valence-corrected chi connectivity index (χ1v) is 12.7. The van der Waals surface area contributed by atoms with Gasteiger partial charge >= 0.3 is 0 Å². The first-order valence-electron chi connectivity index (χ1n) is 12.7. The Morgan fingerprint density at radius 2 is 1.77 bits per heavy atom. The van der Waals surface area contributed by atoms with Crippen LogP contribution in [-0.4, -0.2) is 55.5 Å². The van der Waals surface area contributed by atoms with Crippen LogP contribution in [0.4, 0.5) is 0 Å². The third-order valence-corrected chi connectivity index (χ3v) is 6.58. The maximum Gasteiger partial charge on any atom is 0.242 e. The summed E-state index contributed by atoms with van der Waals surface area (Å²) in [5, 5.41) is 0. The molecule has 3 rings (SSSR count). The Balaban J connectivity index is 1.73. The maximum atomic E-state index is 13.5. The first kappa shape index (κ1) is 26.6. The van der Waals surface area contributed by atoms with Gasteiger partial charge in [0.15, 0.2) is 11.5 Å². The van der Waals surface area contributed by atoms with Gasteiger partial charge in [-0.05, 0) is 55.0 Å². The van der Waals surface area contributed by atoms with Crippen molar-refractivity contribution in [2.75, 3.05) is 33.9 Å². The number of furan rings is 1. The minimum absolute atomic E-state index is 0.0422. The molecule has 1 aliphatic rings. The monoisotopic (exact) mass is 484 g/mol. The number of ether oxygens (including phenoxy) is 2. The number of carbonyl (C=O) groups is 2. The summed E-state index contributed by atoms with van der Waals surface area (Å²) in [7, 11) is 3.22. The number of hydrogen-bond acceptors (Lipinski definition) is 5. The normalized spacial score (nSPS) is 14.1. The van der Waals surface area contributed by atoms with E-state index in [-0.39, 0.29) is 24.3 Å². The lowest BCUT2D eigenvalue weighted by Gasteiger charge is -2.32. The molecule has 0 bridgehead atoms. The van der Waals surface area contributed by atoms with Crippen LogP contribution < -0.4 is 9.47 Å². The van der Waals surface area contributed by atoms with Crippen molar-refractivity contribution in [2.45, 2.75) is 58.9 Å². The summed E-state index contributed by atoms with van der Waals surface area (Å²) in [6.07, 6.45) is 7.50. The Labute approximate surface area is 209 Å². The van der Waals surface area contributed by atoms with E-state index in [0.29, 0.717) is 43.5 Å². The van der Waals surface area contributed by atoms with Crippen molar-refractivity contribution < 1.29 is 23.5 Å². The average Bonchev–Trinajstić information content (AvgIpc) is 3.39. The van der Waals surface area contributed by atoms with Crippen molar-refractivity contribution in [3.63, 3.8) is 0 Å². The summed E-state index contributed by atoms with van der Waals surface area (Å²) < 4.78 is 16.3. The molecule has 2 aromatic rings. The zero-order chi connectivity index (χ0) is 25.2. The van der Waals surface area contributed by atoms with Crippen LogP contribution in [0.15, 0.2) is 41.0 Å². The van der Waals surface area contributed by atoms with E-state index >= 15 is 0 Å². The van der Waals surface area contributed by atoms with E-state index in [9.17, 15) is 9.59 Å². The molecular formula is C28H40N2O5. The molecule has 1 aromatic heterocycles. The van der Waals surface area contributed by atoms with Crippen molar-refractivity contribution in [1.82, 2.24) is 9.80 Å². The van der Waals surface area contributed by atoms with Gasteiger partial charge in [-0.15, -0.1) is 0 Å². The molecular weight excluding hydrogens is 444 g/mol. The Morgan fingerprint density at radius 3 is 2.40 bits per heavy atom. The van der Waals surface area contributed by atoms with E-state index in [0.717, 1.165) is 37.0 Å². The van der Waals surface area contributed by atoms with E-state index in [2.05, 4.69) is 13.8 Å². The van der Waals surface area contributed by atoms with Gasteiger partial charge in [-0.1, -0.05) is 39.2 Å². The van der Waals surface area contributed by atoms with Gasteiger partial charge in [-0.25, -0.2) is 0 Å². The summed E-state index contributed by atoms with van der Waals surface area (Å²) >= 11 is 0. The molecule has 7 heteroatoms. The number of methoxy groups -OCH3 is 2. The molecule has 0 radical (unpaired) electrons. The molecule has 1 fully saturated rings. The molecule has 1 heterocycles. The quantitative estimate of drug-likeness (QED) is 0.427. The lowest BCUT2D eigenvalue weighted by atomic mass is 9.88. The lowest BCUT2D eigenvalue weighted by molar-refractivity contribution is -0.144. The summed E-state index contributed by atoms with van der Waals surface area (Å²) in [4.78, 5) is 30.4. The molecule has 1 aromatic carbocycles. The third kappa shape index (κ3) is 7.77. The highest BCUT2D eigenvalue weighted by Gasteiger charge is 2.29.